The topological polar surface area (TPSA) is 0 Å². The van der Waals surface area contributed by atoms with Gasteiger partial charge in [-0.05, 0) is 33.4 Å². The van der Waals surface area contributed by atoms with E-state index in [0.29, 0.717) is 0 Å². The number of fused-ring (bicyclic) bond motifs is 3. The van der Waals surface area contributed by atoms with Gasteiger partial charge in [0.25, 0.3) is 0 Å². The molecule has 31 heavy (non-hydrogen) atoms. The molecule has 0 aromatic heterocycles. The second-order valence-electron chi connectivity index (χ2n) is 8.21. The molecule has 150 valence electrons. The Morgan fingerprint density at radius 3 is 1.23 bits per heavy atom. The van der Waals surface area contributed by atoms with Gasteiger partial charge in [0.05, 0.1) is 0 Å². The van der Waals surface area contributed by atoms with Gasteiger partial charge >= 0.3 is 0 Å². The predicted molar refractivity (Wildman–Crippen MR) is 131 cm³/mol. The summed E-state index contributed by atoms with van der Waals surface area (Å²) in [6.07, 6.45) is 4.27. The van der Waals surface area contributed by atoms with Crippen LogP contribution in [0.5, 0.6) is 0 Å². The third kappa shape index (κ3) is 2.83. The van der Waals surface area contributed by atoms with Crippen LogP contribution in [0.25, 0.3) is 11.1 Å². The van der Waals surface area contributed by atoms with Gasteiger partial charge < -0.3 is 0 Å². The zero-order chi connectivity index (χ0) is 21.3. The summed E-state index contributed by atoms with van der Waals surface area (Å²) in [6, 6.07) is 39.3. The average molecular weight is 399 g/mol. The van der Waals surface area contributed by atoms with Crippen LogP contribution in [0.15, 0.2) is 135 Å². The van der Waals surface area contributed by atoms with Gasteiger partial charge in [-0.3, -0.25) is 0 Å². The Bertz CT molecular complexity index is 1120. The normalized spacial score (nSPS) is 15.4. The molecule has 4 aromatic carbocycles. The second kappa shape index (κ2) is 7.89. The lowest BCUT2D eigenvalue weighted by atomic mass is 9.57. The van der Waals surface area contributed by atoms with Crippen LogP contribution in [-0.2, 0) is 5.41 Å². The molecule has 1 aliphatic carbocycles. The maximum atomic E-state index is 4.35. The van der Waals surface area contributed by atoms with Gasteiger partial charge in [-0.1, -0.05) is 121 Å². The van der Waals surface area contributed by atoms with E-state index in [2.05, 4.69) is 135 Å². The maximum Gasteiger partial charge on any atom is 0.0420 e. The molecule has 2 atom stereocenters. The van der Waals surface area contributed by atoms with E-state index < -0.39 is 0 Å². The smallest absolute Gasteiger partial charge is 0.0420 e. The standard InChI is InChI=1S/C31H26/c1-3-27(23-15-7-5-8-16-23)31(28(4-2)24-17-9-6-10-18-24)29-21-13-11-19-25(29)26-20-12-14-22-30(26)31/h3-22,27-28H,1-2H2. The minimum Gasteiger partial charge on any atom is -0.102 e. The summed E-state index contributed by atoms with van der Waals surface area (Å²) in [5.74, 6) is 0.170. The fourth-order valence-electron chi connectivity index (χ4n) is 5.66. The minimum atomic E-state index is -0.334. The van der Waals surface area contributed by atoms with E-state index in [-0.39, 0.29) is 17.3 Å². The molecule has 0 N–H and O–H groups in total. The van der Waals surface area contributed by atoms with E-state index in [1.54, 1.807) is 0 Å². The molecule has 1 aliphatic rings. The fourth-order valence-corrected chi connectivity index (χ4v) is 5.66. The first kappa shape index (κ1) is 19.3. The van der Waals surface area contributed by atoms with Crippen LogP contribution < -0.4 is 0 Å². The van der Waals surface area contributed by atoms with Gasteiger partial charge in [0.2, 0.25) is 0 Å². The summed E-state index contributed by atoms with van der Waals surface area (Å²) in [6.45, 7) is 8.70. The molecule has 0 radical (unpaired) electrons. The highest BCUT2D eigenvalue weighted by Crippen LogP contribution is 2.62. The molecule has 4 aromatic rings. The monoisotopic (exact) mass is 398 g/mol. The summed E-state index contributed by atoms with van der Waals surface area (Å²) in [5.41, 5.74) is 7.52. The van der Waals surface area contributed by atoms with Gasteiger partial charge in [-0.2, -0.15) is 0 Å². The minimum absolute atomic E-state index is 0.0849. The largest absolute Gasteiger partial charge is 0.102 e. The van der Waals surface area contributed by atoms with Crippen molar-refractivity contribution in [3.63, 3.8) is 0 Å². The van der Waals surface area contributed by atoms with Crippen LogP contribution in [0, 0.1) is 0 Å². The Labute approximate surface area is 185 Å². The summed E-state index contributed by atoms with van der Waals surface area (Å²) in [7, 11) is 0. The van der Waals surface area contributed by atoms with Gasteiger partial charge in [0, 0.05) is 17.3 Å². The van der Waals surface area contributed by atoms with Crippen molar-refractivity contribution in [1.29, 1.82) is 0 Å². The first-order valence-electron chi connectivity index (χ1n) is 10.9. The molecule has 0 nitrogen and oxygen atoms in total. The highest BCUT2D eigenvalue weighted by atomic mass is 14.5. The van der Waals surface area contributed by atoms with Gasteiger partial charge in [0.15, 0.2) is 0 Å². The second-order valence-corrected chi connectivity index (χ2v) is 8.21. The molecule has 0 aliphatic heterocycles. The number of benzene rings is 4. The summed E-state index contributed by atoms with van der Waals surface area (Å²) >= 11 is 0. The lowest BCUT2D eigenvalue weighted by Gasteiger charge is -2.44. The molecule has 2 unspecified atom stereocenters. The first-order valence-corrected chi connectivity index (χ1v) is 10.9. The molecule has 0 bridgehead atoms. The van der Waals surface area contributed by atoms with Crippen molar-refractivity contribution in [3.8, 4) is 11.1 Å². The third-order valence-corrected chi connectivity index (χ3v) is 6.81. The van der Waals surface area contributed by atoms with E-state index in [1.807, 2.05) is 0 Å². The molecule has 0 saturated heterocycles. The Balaban J connectivity index is 1.91. The van der Waals surface area contributed by atoms with Gasteiger partial charge in [-0.25, -0.2) is 0 Å². The van der Waals surface area contributed by atoms with Crippen LogP contribution >= 0.6 is 0 Å². The number of allylic oxidation sites excluding steroid dienone is 2. The van der Waals surface area contributed by atoms with Crippen molar-refractivity contribution in [2.75, 3.05) is 0 Å². The van der Waals surface area contributed by atoms with E-state index in [0.717, 1.165) is 0 Å². The quantitative estimate of drug-likeness (QED) is 0.290. The molecular weight excluding hydrogens is 372 g/mol. The molecule has 0 amide bonds. The van der Waals surface area contributed by atoms with Gasteiger partial charge in [0.1, 0.15) is 0 Å². The summed E-state index contributed by atoms with van der Waals surface area (Å²) < 4.78 is 0. The predicted octanol–water partition coefficient (Wildman–Crippen LogP) is 7.89. The van der Waals surface area contributed by atoms with Crippen molar-refractivity contribution in [2.24, 2.45) is 0 Å². The van der Waals surface area contributed by atoms with Gasteiger partial charge in [-0.15, -0.1) is 13.2 Å². The molecule has 0 spiro atoms. The lowest BCUT2D eigenvalue weighted by Crippen LogP contribution is -2.38. The average Bonchev–Trinajstić information content (AvgIpc) is 3.13. The van der Waals surface area contributed by atoms with Crippen molar-refractivity contribution >= 4 is 0 Å². The Morgan fingerprint density at radius 2 is 0.839 bits per heavy atom. The maximum absolute atomic E-state index is 4.35. The molecule has 0 saturated carbocycles. The van der Waals surface area contributed by atoms with Crippen LogP contribution in [0.1, 0.15) is 34.1 Å². The van der Waals surface area contributed by atoms with E-state index in [9.17, 15) is 0 Å². The van der Waals surface area contributed by atoms with Crippen molar-refractivity contribution < 1.29 is 0 Å². The van der Waals surface area contributed by atoms with Crippen molar-refractivity contribution in [2.45, 2.75) is 17.3 Å². The molecule has 0 heterocycles. The van der Waals surface area contributed by atoms with Crippen LogP contribution in [0.2, 0.25) is 0 Å². The third-order valence-electron chi connectivity index (χ3n) is 6.81. The van der Waals surface area contributed by atoms with E-state index in [1.165, 1.54) is 33.4 Å². The Hall–Kier alpha value is -3.64. The van der Waals surface area contributed by atoms with Crippen LogP contribution in [-0.4, -0.2) is 0 Å². The van der Waals surface area contributed by atoms with Crippen LogP contribution in [0.4, 0.5) is 0 Å². The SMILES string of the molecule is C=CC(c1ccccc1)C1(C(C=C)c2ccccc2)c2ccccc2-c2ccccc21. The molecule has 5 rings (SSSR count). The summed E-state index contributed by atoms with van der Waals surface area (Å²) in [4.78, 5) is 0. The number of rotatable bonds is 6. The Morgan fingerprint density at radius 1 is 0.484 bits per heavy atom. The van der Waals surface area contributed by atoms with Crippen molar-refractivity contribution in [1.82, 2.24) is 0 Å². The highest BCUT2D eigenvalue weighted by Gasteiger charge is 2.52. The summed E-state index contributed by atoms with van der Waals surface area (Å²) in [5, 5.41) is 0. The Kier molecular flexibility index (Phi) is 4.92. The number of hydrogen-bond donors (Lipinski definition) is 0. The molecule has 0 fully saturated rings. The lowest BCUT2D eigenvalue weighted by molar-refractivity contribution is 0.427. The number of hydrogen-bond acceptors (Lipinski definition) is 0. The van der Waals surface area contributed by atoms with Crippen LogP contribution in [0.3, 0.4) is 0 Å². The molecular formula is C31H26. The van der Waals surface area contributed by atoms with Crippen molar-refractivity contribution in [3.05, 3.63) is 157 Å². The highest BCUT2D eigenvalue weighted by molar-refractivity contribution is 5.83. The zero-order valence-corrected chi connectivity index (χ0v) is 17.6. The first-order chi connectivity index (χ1) is 15.3. The van der Waals surface area contributed by atoms with E-state index >= 15 is 0 Å². The molecule has 0 heteroatoms. The zero-order valence-electron chi connectivity index (χ0n) is 17.6. The van der Waals surface area contributed by atoms with E-state index in [4.69, 9.17) is 0 Å². The fraction of sp³-hybridized carbons (Fsp3) is 0.0968.